The van der Waals surface area contributed by atoms with Gasteiger partial charge in [0.2, 0.25) is 0 Å². The molecule has 0 radical (unpaired) electrons. The summed E-state index contributed by atoms with van der Waals surface area (Å²) < 4.78 is 2.30. The van der Waals surface area contributed by atoms with Gasteiger partial charge in [0, 0.05) is 28.7 Å². The van der Waals surface area contributed by atoms with Gasteiger partial charge >= 0.3 is 0 Å². The van der Waals surface area contributed by atoms with Gasteiger partial charge in [-0.05, 0) is 47.2 Å². The van der Waals surface area contributed by atoms with Crippen molar-refractivity contribution in [3.8, 4) is 16.9 Å². The molecule has 0 unspecified atom stereocenters. The summed E-state index contributed by atoms with van der Waals surface area (Å²) in [6.45, 7) is 0. The highest BCUT2D eigenvalue weighted by Gasteiger charge is 2.14. The molecule has 29 heavy (non-hydrogen) atoms. The summed E-state index contributed by atoms with van der Waals surface area (Å²) >= 11 is 0. The topological polar surface area (TPSA) is 30.7 Å². The average Bonchev–Trinajstić information content (AvgIpc) is 3.15. The number of nitrogens with zero attached hydrogens (tertiary/aromatic N) is 3. The maximum atomic E-state index is 4.72. The minimum Gasteiger partial charge on any atom is -0.308 e. The van der Waals surface area contributed by atoms with Gasteiger partial charge in [-0.25, -0.2) is 0 Å². The molecule has 0 amide bonds. The predicted octanol–water partition coefficient (Wildman–Crippen LogP) is 6.39. The zero-order valence-electron chi connectivity index (χ0n) is 15.7. The third-order valence-electron chi connectivity index (χ3n) is 5.53. The van der Waals surface area contributed by atoms with Crippen LogP contribution in [0.3, 0.4) is 0 Å². The van der Waals surface area contributed by atoms with Crippen molar-refractivity contribution < 1.29 is 0 Å². The van der Waals surface area contributed by atoms with Crippen molar-refractivity contribution in [3.63, 3.8) is 0 Å². The van der Waals surface area contributed by atoms with E-state index >= 15 is 0 Å². The zero-order valence-corrected chi connectivity index (χ0v) is 15.7. The Morgan fingerprint density at radius 3 is 2.31 bits per heavy atom. The quantitative estimate of drug-likeness (QED) is 0.353. The molecular formula is C26H17N3. The fraction of sp³-hybridized carbons (Fsp3) is 0. The van der Waals surface area contributed by atoms with E-state index in [4.69, 9.17) is 4.98 Å². The molecule has 3 aromatic heterocycles. The second kappa shape index (κ2) is 6.28. The second-order valence-electron chi connectivity index (χ2n) is 7.18. The SMILES string of the molecule is c1cncc(-c2ccc(-n3c4ccccc4c4c5ccccc5ccc43)cn2)c1. The number of benzene rings is 3. The van der Waals surface area contributed by atoms with Gasteiger partial charge in [-0.2, -0.15) is 0 Å². The maximum Gasteiger partial charge on any atom is 0.0719 e. The van der Waals surface area contributed by atoms with Crippen LogP contribution in [0.25, 0.3) is 49.5 Å². The van der Waals surface area contributed by atoms with Gasteiger partial charge in [0.15, 0.2) is 0 Å². The number of aromatic nitrogens is 3. The Hall–Kier alpha value is -3.98. The van der Waals surface area contributed by atoms with E-state index in [1.54, 1.807) is 6.20 Å². The molecule has 0 aliphatic rings. The van der Waals surface area contributed by atoms with Crippen LogP contribution in [0.2, 0.25) is 0 Å². The van der Waals surface area contributed by atoms with Crippen LogP contribution < -0.4 is 0 Å². The maximum absolute atomic E-state index is 4.72. The van der Waals surface area contributed by atoms with E-state index < -0.39 is 0 Å². The molecule has 0 aliphatic heterocycles. The van der Waals surface area contributed by atoms with Crippen molar-refractivity contribution in [2.24, 2.45) is 0 Å². The summed E-state index contributed by atoms with van der Waals surface area (Å²) in [4.78, 5) is 8.92. The first-order valence-electron chi connectivity index (χ1n) is 9.68. The third kappa shape index (κ3) is 2.44. The lowest BCUT2D eigenvalue weighted by molar-refractivity contribution is 1.14. The lowest BCUT2D eigenvalue weighted by Crippen LogP contribution is -1.95. The zero-order chi connectivity index (χ0) is 19.2. The molecule has 0 aliphatic carbocycles. The number of para-hydroxylation sites is 1. The van der Waals surface area contributed by atoms with Crippen LogP contribution in [0.4, 0.5) is 0 Å². The van der Waals surface area contributed by atoms with Gasteiger partial charge in [0.25, 0.3) is 0 Å². The van der Waals surface area contributed by atoms with E-state index in [0.29, 0.717) is 0 Å². The summed E-state index contributed by atoms with van der Waals surface area (Å²) in [7, 11) is 0. The first kappa shape index (κ1) is 16.0. The highest BCUT2D eigenvalue weighted by molar-refractivity contribution is 6.21. The standard InChI is InChI=1S/C26H17N3/c1-2-8-21-18(6-1)11-14-25-26(21)22-9-3-4-10-24(22)29(25)20-12-13-23(28-17-20)19-7-5-15-27-16-19/h1-17H. The van der Waals surface area contributed by atoms with Crippen LogP contribution in [-0.2, 0) is 0 Å². The molecule has 0 bridgehead atoms. The number of hydrogen-bond acceptors (Lipinski definition) is 2. The highest BCUT2D eigenvalue weighted by Crippen LogP contribution is 2.36. The Morgan fingerprint density at radius 1 is 0.621 bits per heavy atom. The van der Waals surface area contributed by atoms with Crippen molar-refractivity contribution in [2.45, 2.75) is 0 Å². The van der Waals surface area contributed by atoms with Crippen LogP contribution >= 0.6 is 0 Å². The summed E-state index contributed by atoms with van der Waals surface area (Å²) in [5, 5.41) is 5.08. The minimum atomic E-state index is 0.924. The summed E-state index contributed by atoms with van der Waals surface area (Å²) in [6, 6.07) is 29.7. The van der Waals surface area contributed by atoms with Crippen LogP contribution in [0.1, 0.15) is 0 Å². The lowest BCUT2D eigenvalue weighted by atomic mass is 10.0. The van der Waals surface area contributed by atoms with Gasteiger partial charge in [0.05, 0.1) is 28.6 Å². The van der Waals surface area contributed by atoms with Gasteiger partial charge in [-0.1, -0.05) is 48.5 Å². The lowest BCUT2D eigenvalue weighted by Gasteiger charge is -2.09. The Kier molecular flexibility index (Phi) is 3.47. The molecule has 3 heteroatoms. The molecule has 0 spiro atoms. The van der Waals surface area contributed by atoms with Crippen LogP contribution in [-0.4, -0.2) is 14.5 Å². The molecule has 6 rings (SSSR count). The van der Waals surface area contributed by atoms with E-state index in [1.807, 2.05) is 24.5 Å². The van der Waals surface area contributed by atoms with Gasteiger partial charge in [-0.15, -0.1) is 0 Å². The monoisotopic (exact) mass is 371 g/mol. The largest absolute Gasteiger partial charge is 0.308 e. The van der Waals surface area contributed by atoms with Gasteiger partial charge < -0.3 is 4.57 Å². The van der Waals surface area contributed by atoms with Crippen molar-refractivity contribution in [3.05, 3.63) is 104 Å². The fourth-order valence-corrected chi connectivity index (χ4v) is 4.22. The second-order valence-corrected chi connectivity index (χ2v) is 7.18. The summed E-state index contributed by atoms with van der Waals surface area (Å²) in [5.41, 5.74) is 5.38. The molecule has 3 nitrogen and oxygen atoms in total. The third-order valence-corrected chi connectivity index (χ3v) is 5.53. The number of hydrogen-bond donors (Lipinski definition) is 0. The van der Waals surface area contributed by atoms with E-state index in [0.717, 1.165) is 16.9 Å². The molecule has 6 aromatic rings. The molecule has 0 saturated carbocycles. The van der Waals surface area contributed by atoms with Crippen molar-refractivity contribution in [1.82, 2.24) is 14.5 Å². The van der Waals surface area contributed by atoms with E-state index in [1.165, 1.54) is 32.6 Å². The van der Waals surface area contributed by atoms with Crippen molar-refractivity contribution in [2.75, 3.05) is 0 Å². The summed E-state index contributed by atoms with van der Waals surface area (Å²) in [5.74, 6) is 0. The Balaban J connectivity index is 1.64. The Labute approximate surface area is 167 Å². The van der Waals surface area contributed by atoms with Crippen LogP contribution in [0.15, 0.2) is 104 Å². The summed E-state index contributed by atoms with van der Waals surface area (Å²) in [6.07, 6.45) is 5.57. The first-order chi connectivity index (χ1) is 14.4. The molecular weight excluding hydrogens is 354 g/mol. The van der Waals surface area contributed by atoms with Gasteiger partial charge in [0.1, 0.15) is 0 Å². The molecule has 0 atom stereocenters. The molecule has 0 saturated heterocycles. The average molecular weight is 371 g/mol. The normalized spacial score (nSPS) is 11.4. The van der Waals surface area contributed by atoms with Gasteiger partial charge in [-0.3, -0.25) is 9.97 Å². The predicted molar refractivity (Wildman–Crippen MR) is 119 cm³/mol. The highest BCUT2D eigenvalue weighted by atomic mass is 15.0. The van der Waals surface area contributed by atoms with E-state index in [9.17, 15) is 0 Å². The molecule has 136 valence electrons. The first-order valence-corrected chi connectivity index (χ1v) is 9.68. The van der Waals surface area contributed by atoms with E-state index in [2.05, 4.69) is 82.3 Å². The Bertz CT molecular complexity index is 1480. The number of pyridine rings is 2. The van der Waals surface area contributed by atoms with Crippen molar-refractivity contribution in [1.29, 1.82) is 0 Å². The fourth-order valence-electron chi connectivity index (χ4n) is 4.22. The van der Waals surface area contributed by atoms with Crippen LogP contribution in [0, 0.1) is 0 Å². The Morgan fingerprint density at radius 2 is 1.48 bits per heavy atom. The van der Waals surface area contributed by atoms with Crippen LogP contribution in [0.5, 0.6) is 0 Å². The number of rotatable bonds is 2. The van der Waals surface area contributed by atoms with E-state index in [-0.39, 0.29) is 0 Å². The molecule has 3 aromatic carbocycles. The smallest absolute Gasteiger partial charge is 0.0719 e. The van der Waals surface area contributed by atoms with Crippen molar-refractivity contribution >= 4 is 32.6 Å². The number of fused-ring (bicyclic) bond motifs is 5. The molecule has 0 N–H and O–H groups in total. The minimum absolute atomic E-state index is 0.924. The molecule has 3 heterocycles. The molecule has 0 fully saturated rings.